The number of benzene rings is 4. The summed E-state index contributed by atoms with van der Waals surface area (Å²) >= 11 is 18.5. The highest BCUT2D eigenvalue weighted by atomic mass is 35.5. The molecule has 0 aliphatic carbocycles. The molecule has 4 aliphatic rings. The second-order valence-corrected chi connectivity index (χ2v) is 16.1. The fourth-order valence-corrected chi connectivity index (χ4v) is 8.33. The van der Waals surface area contributed by atoms with Gasteiger partial charge in [0.2, 0.25) is 0 Å². The molecule has 6 heterocycles. The number of anilines is 3. The third-order valence-corrected chi connectivity index (χ3v) is 11.8. The minimum atomic E-state index is -0.628. The third-order valence-electron chi connectivity index (χ3n) is 10.9. The predicted molar refractivity (Wildman–Crippen MR) is 247 cm³/mol. The van der Waals surface area contributed by atoms with Gasteiger partial charge in [-0.3, -0.25) is 0 Å². The van der Waals surface area contributed by atoms with Crippen LogP contribution in [0.4, 0.5) is 17.2 Å². The molecule has 21 heteroatoms. The Bertz CT molecular complexity index is 2640. The van der Waals surface area contributed by atoms with Crippen LogP contribution in [0.3, 0.4) is 0 Å². The lowest BCUT2D eigenvalue weighted by Gasteiger charge is -2.19. The number of ether oxygens (including phenoxy) is 10. The SMILES string of the molecule is C.COc1cc2ncnc(Cl)c2cc1OC.COc1cc2ncnc(Nc3ccc(OC4CO[C@H]5[C@@H]4OC[C@@H]5O)c(Cl)c3)c2cc1OC.Nc1ccc(OC2CO[C@H]3[C@@H]2OC[C@@H]3O)c(Cl)c1. The number of nitrogens with one attached hydrogen (secondary N) is 1. The predicted octanol–water partition coefficient (Wildman–Crippen LogP) is 6.71. The summed E-state index contributed by atoms with van der Waals surface area (Å²) in [6.07, 6.45) is -0.119. The smallest absolute Gasteiger partial charge is 0.162 e. The van der Waals surface area contributed by atoms with Crippen LogP contribution in [0.5, 0.6) is 34.5 Å². The summed E-state index contributed by atoms with van der Waals surface area (Å²) in [6, 6.07) is 17.6. The average molecular weight is 972 g/mol. The summed E-state index contributed by atoms with van der Waals surface area (Å²) in [4.78, 5) is 16.7. The number of halogens is 3. The molecule has 0 saturated carbocycles. The van der Waals surface area contributed by atoms with Gasteiger partial charge in [0.25, 0.3) is 0 Å². The van der Waals surface area contributed by atoms with Crippen molar-refractivity contribution in [2.45, 2.75) is 56.3 Å². The Morgan fingerprint density at radius 1 is 0.561 bits per heavy atom. The number of hydrogen-bond donors (Lipinski definition) is 4. The van der Waals surface area contributed by atoms with Crippen LogP contribution in [-0.2, 0) is 18.9 Å². The highest BCUT2D eigenvalue weighted by Crippen LogP contribution is 2.38. The topological polar surface area (TPSA) is 222 Å². The summed E-state index contributed by atoms with van der Waals surface area (Å²) in [7, 11) is 6.30. The Morgan fingerprint density at radius 3 is 1.56 bits per heavy atom. The average Bonchev–Trinajstić information content (AvgIpc) is 4.10. The molecule has 0 bridgehead atoms. The van der Waals surface area contributed by atoms with Crippen LogP contribution < -0.4 is 39.5 Å². The molecule has 4 fully saturated rings. The van der Waals surface area contributed by atoms with Crippen molar-refractivity contribution in [2.75, 3.05) is 65.9 Å². The maximum atomic E-state index is 9.89. The number of hydrogen-bond acceptors (Lipinski definition) is 18. The number of aromatic nitrogens is 4. The van der Waals surface area contributed by atoms with Crippen molar-refractivity contribution >= 4 is 73.8 Å². The van der Waals surface area contributed by atoms with E-state index in [2.05, 4.69) is 25.3 Å². The van der Waals surface area contributed by atoms with E-state index >= 15 is 0 Å². The number of aliphatic hydroxyl groups excluding tert-OH is 2. The maximum absolute atomic E-state index is 9.89. The molecule has 0 radical (unpaired) electrons. The molecular weight excluding hydrogens is 923 g/mol. The van der Waals surface area contributed by atoms with E-state index in [9.17, 15) is 10.2 Å². The number of fused-ring (bicyclic) bond motifs is 4. The number of aliphatic hydroxyl groups is 2. The van der Waals surface area contributed by atoms with Crippen molar-refractivity contribution in [3.05, 3.63) is 88.5 Å². The van der Waals surface area contributed by atoms with Gasteiger partial charge in [-0.25, -0.2) is 19.9 Å². The number of methoxy groups -OCH3 is 4. The molecule has 18 nitrogen and oxygen atoms in total. The van der Waals surface area contributed by atoms with Gasteiger partial charge in [-0.05, 0) is 48.5 Å². The van der Waals surface area contributed by atoms with Crippen molar-refractivity contribution < 1.29 is 57.6 Å². The van der Waals surface area contributed by atoms with Crippen LogP contribution in [-0.4, -0.2) is 134 Å². The van der Waals surface area contributed by atoms with E-state index in [1.54, 1.807) is 77.0 Å². The Kier molecular flexibility index (Phi) is 15.8. The van der Waals surface area contributed by atoms with Gasteiger partial charge >= 0.3 is 0 Å². The summed E-state index contributed by atoms with van der Waals surface area (Å²) in [5.41, 5.74) is 8.37. The monoisotopic (exact) mass is 970 g/mol. The molecule has 6 aromatic rings. The zero-order chi connectivity index (χ0) is 45.8. The number of nitrogens with zero attached hydrogens (tertiary/aromatic N) is 4. The fourth-order valence-electron chi connectivity index (χ4n) is 7.67. The molecule has 0 spiro atoms. The van der Waals surface area contributed by atoms with E-state index in [0.29, 0.717) is 79.9 Å². The first kappa shape index (κ1) is 48.5. The molecule has 4 aromatic carbocycles. The van der Waals surface area contributed by atoms with Gasteiger partial charge in [-0.15, -0.1) is 0 Å². The minimum absolute atomic E-state index is 0. The van der Waals surface area contributed by atoms with Crippen LogP contribution in [0.25, 0.3) is 21.8 Å². The summed E-state index contributed by atoms with van der Waals surface area (Å²) in [6.45, 7) is 1.24. The number of rotatable bonds is 10. The molecule has 10 rings (SSSR count). The molecule has 2 unspecified atom stereocenters. The molecule has 66 heavy (non-hydrogen) atoms. The standard InChI is InChI=1S/C22H22ClN3O6.C12H14ClNO4.C10H9ClN2O2.CH4/c1-28-17-6-12-14(7-18(17)29-2)24-10-25-22(12)26-11-3-4-16(13(23)5-11)32-19-9-31-20-15(27)8-30-21(19)20;13-7-3-6(14)1-2-9(7)18-10-5-17-11-8(15)4-16-12(10)11;1-14-8-3-6-7(4-9(8)15-2)12-5-13-10(6)11;/h3-7,10,15,19-21,27H,8-9H2,1-2H3,(H,24,25,26);1-3,8,10-12,15H,4-5,14H2;3-5H,1-2H3;1H4/t15-,19?,20+,21+;8-,10?,11+,12+;;/m00../s1. The molecule has 8 atom stereocenters. The summed E-state index contributed by atoms with van der Waals surface area (Å²) in [5.74, 6) is 4.06. The first-order valence-electron chi connectivity index (χ1n) is 20.1. The number of nitrogen functional groups attached to an aromatic ring is 1. The van der Waals surface area contributed by atoms with E-state index < -0.39 is 12.2 Å². The van der Waals surface area contributed by atoms with Crippen molar-refractivity contribution in [1.82, 2.24) is 19.9 Å². The second kappa shape index (κ2) is 21.5. The molecule has 4 saturated heterocycles. The zero-order valence-electron chi connectivity index (χ0n) is 35.4. The van der Waals surface area contributed by atoms with Crippen LogP contribution in [0, 0.1) is 0 Å². The molecule has 2 aromatic heterocycles. The van der Waals surface area contributed by atoms with Crippen LogP contribution in [0.15, 0.2) is 73.3 Å². The summed E-state index contributed by atoms with van der Waals surface area (Å²) < 4.78 is 55.0. The van der Waals surface area contributed by atoms with Crippen molar-refractivity contribution in [2.24, 2.45) is 0 Å². The first-order chi connectivity index (χ1) is 31.5. The zero-order valence-corrected chi connectivity index (χ0v) is 37.6. The minimum Gasteiger partial charge on any atom is -0.493 e. The Labute approximate surface area is 395 Å². The normalized spacial score (nSPS) is 23.6. The molecule has 5 N–H and O–H groups in total. The van der Waals surface area contributed by atoms with E-state index in [1.807, 2.05) is 12.1 Å². The van der Waals surface area contributed by atoms with E-state index in [4.69, 9.17) is 87.9 Å². The van der Waals surface area contributed by atoms with Gasteiger partial charge in [0.05, 0.1) is 75.9 Å². The van der Waals surface area contributed by atoms with Gasteiger partial charge < -0.3 is 68.6 Å². The van der Waals surface area contributed by atoms with Gasteiger partial charge in [0.15, 0.2) is 35.2 Å². The largest absolute Gasteiger partial charge is 0.493 e. The van der Waals surface area contributed by atoms with Gasteiger partial charge in [-0.1, -0.05) is 42.2 Å². The quantitative estimate of drug-likeness (QED) is 0.0827. The number of nitrogens with two attached hydrogens (primary N) is 1. The van der Waals surface area contributed by atoms with Crippen LogP contribution in [0.2, 0.25) is 15.2 Å². The van der Waals surface area contributed by atoms with E-state index in [-0.39, 0.29) is 57.3 Å². The Morgan fingerprint density at radius 2 is 1.03 bits per heavy atom. The Balaban J connectivity index is 0.000000161. The lowest BCUT2D eigenvalue weighted by Crippen LogP contribution is -2.34. The highest BCUT2D eigenvalue weighted by Gasteiger charge is 2.49. The lowest BCUT2D eigenvalue weighted by molar-refractivity contribution is 0.00863. The maximum Gasteiger partial charge on any atom is 0.162 e. The van der Waals surface area contributed by atoms with Gasteiger partial charge in [0, 0.05) is 34.3 Å². The van der Waals surface area contributed by atoms with E-state index in [0.717, 1.165) is 22.0 Å². The summed E-state index contributed by atoms with van der Waals surface area (Å²) in [5, 5.41) is 25.6. The highest BCUT2D eigenvalue weighted by molar-refractivity contribution is 6.34. The third kappa shape index (κ3) is 10.4. The molecular formula is C45H49Cl3N6O12. The second-order valence-electron chi connectivity index (χ2n) is 14.9. The van der Waals surface area contributed by atoms with Gasteiger partial charge in [0.1, 0.15) is 71.7 Å². The Hall–Kier alpha value is -5.41. The van der Waals surface area contributed by atoms with Crippen LogP contribution >= 0.6 is 34.8 Å². The molecule has 4 aliphatic heterocycles. The molecule has 0 amide bonds. The van der Waals surface area contributed by atoms with Crippen LogP contribution in [0.1, 0.15) is 7.43 Å². The van der Waals surface area contributed by atoms with Crippen molar-refractivity contribution in [3.63, 3.8) is 0 Å². The van der Waals surface area contributed by atoms with Crippen molar-refractivity contribution in [3.8, 4) is 34.5 Å². The van der Waals surface area contributed by atoms with Crippen molar-refractivity contribution in [1.29, 1.82) is 0 Å². The van der Waals surface area contributed by atoms with E-state index in [1.165, 1.54) is 12.7 Å². The fraction of sp³-hybridized carbons (Fsp3) is 0.378. The lowest BCUT2D eigenvalue weighted by atomic mass is 10.1. The first-order valence-corrected chi connectivity index (χ1v) is 21.3. The van der Waals surface area contributed by atoms with Gasteiger partial charge in [-0.2, -0.15) is 0 Å². The molecule has 352 valence electrons.